The minimum absolute atomic E-state index is 0.0183. The van der Waals surface area contributed by atoms with Crippen LogP contribution in [-0.4, -0.2) is 33.6 Å². The maximum absolute atomic E-state index is 13.4. The molecule has 1 N–H and O–H groups in total. The number of hydrogen-bond donors (Lipinski definition) is 1. The standard InChI is InChI=1S/C21H24FNO6S/c1-4-28-20(24)18(21(25)29-5-2)19(15-8-10-16(22)11-9-15)23-30(26,27)17-12-6-14(3)7-13-17/h6-13,18-19,23H,4-5H2,1-3H3. The van der Waals surface area contributed by atoms with Crippen LogP contribution in [0, 0.1) is 18.7 Å². The van der Waals surface area contributed by atoms with E-state index in [1.165, 1.54) is 24.3 Å². The van der Waals surface area contributed by atoms with Crippen LogP contribution in [0.2, 0.25) is 0 Å². The Morgan fingerprint density at radius 2 is 1.43 bits per heavy atom. The summed E-state index contributed by atoms with van der Waals surface area (Å²) in [4.78, 5) is 25.1. The van der Waals surface area contributed by atoms with E-state index >= 15 is 0 Å². The van der Waals surface area contributed by atoms with E-state index in [9.17, 15) is 22.4 Å². The van der Waals surface area contributed by atoms with Crippen molar-refractivity contribution in [2.75, 3.05) is 13.2 Å². The van der Waals surface area contributed by atoms with Crippen molar-refractivity contribution < 1.29 is 31.9 Å². The van der Waals surface area contributed by atoms with Crippen LogP contribution in [0.3, 0.4) is 0 Å². The zero-order valence-corrected chi connectivity index (χ0v) is 17.7. The number of carbonyl (C=O) groups is 2. The fourth-order valence-electron chi connectivity index (χ4n) is 2.78. The van der Waals surface area contributed by atoms with Crippen LogP contribution < -0.4 is 4.72 Å². The summed E-state index contributed by atoms with van der Waals surface area (Å²) in [5.41, 5.74) is 1.07. The van der Waals surface area contributed by atoms with E-state index in [0.29, 0.717) is 0 Å². The number of rotatable bonds is 9. The molecule has 0 heterocycles. The van der Waals surface area contributed by atoms with Gasteiger partial charge in [-0.25, -0.2) is 17.5 Å². The van der Waals surface area contributed by atoms with Crippen molar-refractivity contribution in [2.45, 2.75) is 31.7 Å². The van der Waals surface area contributed by atoms with Crippen molar-refractivity contribution in [3.8, 4) is 0 Å². The SMILES string of the molecule is CCOC(=O)C(C(=O)OCC)C(NS(=O)(=O)c1ccc(C)cc1)c1ccc(F)cc1. The van der Waals surface area contributed by atoms with Gasteiger partial charge in [-0.2, -0.15) is 0 Å². The van der Waals surface area contributed by atoms with Gasteiger partial charge in [0.1, 0.15) is 5.82 Å². The summed E-state index contributed by atoms with van der Waals surface area (Å²) in [5.74, 6) is -4.06. The van der Waals surface area contributed by atoms with Crippen LogP contribution in [0.25, 0.3) is 0 Å². The van der Waals surface area contributed by atoms with E-state index in [2.05, 4.69) is 4.72 Å². The Labute approximate surface area is 175 Å². The zero-order valence-electron chi connectivity index (χ0n) is 16.9. The summed E-state index contributed by atoms with van der Waals surface area (Å²) in [7, 11) is -4.14. The lowest BCUT2D eigenvalue weighted by molar-refractivity contribution is -0.163. The van der Waals surface area contributed by atoms with Gasteiger partial charge in [0.2, 0.25) is 10.0 Å². The van der Waals surface area contributed by atoms with E-state index in [4.69, 9.17) is 9.47 Å². The molecular formula is C21H24FNO6S. The molecule has 2 rings (SSSR count). The molecule has 7 nitrogen and oxygen atoms in total. The summed E-state index contributed by atoms with van der Waals surface area (Å²) in [6, 6.07) is 9.49. The monoisotopic (exact) mass is 437 g/mol. The third-order valence-corrected chi connectivity index (χ3v) is 5.71. The van der Waals surface area contributed by atoms with E-state index in [1.807, 2.05) is 6.92 Å². The average Bonchev–Trinajstić information content (AvgIpc) is 2.69. The Kier molecular flexibility index (Phi) is 8.08. The summed E-state index contributed by atoms with van der Waals surface area (Å²) in [6.07, 6.45) is 0. The predicted molar refractivity (Wildman–Crippen MR) is 107 cm³/mol. The maximum Gasteiger partial charge on any atom is 0.322 e. The van der Waals surface area contributed by atoms with Crippen LogP contribution in [0.5, 0.6) is 0 Å². The molecule has 0 radical (unpaired) electrons. The third-order valence-electron chi connectivity index (χ3n) is 4.26. The summed E-state index contributed by atoms with van der Waals surface area (Å²) < 4.78 is 51.7. The molecule has 9 heteroatoms. The number of ether oxygens (including phenoxy) is 2. The first kappa shape index (κ1) is 23.5. The van der Waals surface area contributed by atoms with Crippen molar-refractivity contribution in [1.29, 1.82) is 0 Å². The second-order valence-corrected chi connectivity index (χ2v) is 8.16. The van der Waals surface area contributed by atoms with Crippen LogP contribution in [0.4, 0.5) is 4.39 Å². The highest BCUT2D eigenvalue weighted by Gasteiger charge is 2.41. The van der Waals surface area contributed by atoms with Gasteiger partial charge in [0.05, 0.1) is 24.2 Å². The van der Waals surface area contributed by atoms with E-state index < -0.39 is 39.7 Å². The smallest absolute Gasteiger partial charge is 0.322 e. The van der Waals surface area contributed by atoms with E-state index in [1.54, 1.807) is 26.0 Å². The lowest BCUT2D eigenvalue weighted by Crippen LogP contribution is -2.42. The topological polar surface area (TPSA) is 98.8 Å². The van der Waals surface area contributed by atoms with Crippen molar-refractivity contribution in [2.24, 2.45) is 5.92 Å². The zero-order chi connectivity index (χ0) is 22.3. The minimum atomic E-state index is -4.14. The molecule has 0 aliphatic rings. The molecule has 0 aromatic heterocycles. The maximum atomic E-state index is 13.4. The number of sulfonamides is 1. The Bertz CT molecular complexity index is 956. The van der Waals surface area contributed by atoms with E-state index in [-0.39, 0.29) is 23.7 Å². The third kappa shape index (κ3) is 5.87. The first-order valence-corrected chi connectivity index (χ1v) is 10.9. The second kappa shape index (κ2) is 10.3. The molecule has 2 aromatic carbocycles. The van der Waals surface area contributed by atoms with Crippen LogP contribution in [-0.2, 0) is 29.1 Å². The lowest BCUT2D eigenvalue weighted by atomic mass is 9.93. The van der Waals surface area contributed by atoms with Crippen molar-refractivity contribution in [3.05, 3.63) is 65.5 Å². The van der Waals surface area contributed by atoms with Gasteiger partial charge >= 0.3 is 11.9 Å². The molecule has 0 aliphatic heterocycles. The minimum Gasteiger partial charge on any atom is -0.465 e. The lowest BCUT2D eigenvalue weighted by Gasteiger charge is -2.25. The molecule has 1 atom stereocenters. The Morgan fingerprint density at radius 3 is 1.90 bits per heavy atom. The molecule has 0 fully saturated rings. The van der Waals surface area contributed by atoms with Crippen molar-refractivity contribution in [3.63, 3.8) is 0 Å². The number of hydrogen-bond acceptors (Lipinski definition) is 6. The van der Waals surface area contributed by atoms with Crippen LogP contribution in [0.15, 0.2) is 53.4 Å². The van der Waals surface area contributed by atoms with Crippen LogP contribution >= 0.6 is 0 Å². The molecular weight excluding hydrogens is 413 g/mol. The van der Waals surface area contributed by atoms with Gasteiger partial charge in [-0.3, -0.25) is 9.59 Å². The molecule has 0 aliphatic carbocycles. The average molecular weight is 437 g/mol. The van der Waals surface area contributed by atoms with Gasteiger partial charge in [-0.15, -0.1) is 0 Å². The fourth-order valence-corrected chi connectivity index (χ4v) is 4.02. The van der Waals surface area contributed by atoms with Gasteiger partial charge in [0, 0.05) is 0 Å². The van der Waals surface area contributed by atoms with Gasteiger partial charge in [-0.05, 0) is 50.6 Å². The molecule has 0 bridgehead atoms. The van der Waals surface area contributed by atoms with Gasteiger partial charge in [-0.1, -0.05) is 29.8 Å². The first-order chi connectivity index (χ1) is 14.2. The molecule has 0 saturated carbocycles. The Hall–Kier alpha value is -2.78. The number of carbonyl (C=O) groups excluding carboxylic acids is 2. The number of aryl methyl sites for hydroxylation is 1. The highest BCUT2D eigenvalue weighted by atomic mass is 32.2. The van der Waals surface area contributed by atoms with Gasteiger partial charge in [0.15, 0.2) is 5.92 Å². The Balaban J connectivity index is 2.54. The van der Waals surface area contributed by atoms with Crippen LogP contribution in [0.1, 0.15) is 31.0 Å². The highest BCUT2D eigenvalue weighted by Crippen LogP contribution is 2.28. The quantitative estimate of drug-likeness (QED) is 0.478. The van der Waals surface area contributed by atoms with E-state index in [0.717, 1.165) is 17.7 Å². The second-order valence-electron chi connectivity index (χ2n) is 6.45. The summed E-state index contributed by atoms with van der Waals surface area (Å²) in [5, 5.41) is 0. The van der Waals surface area contributed by atoms with Crippen molar-refractivity contribution >= 4 is 22.0 Å². The van der Waals surface area contributed by atoms with Crippen molar-refractivity contribution in [1.82, 2.24) is 4.72 Å². The molecule has 2 aromatic rings. The number of benzene rings is 2. The predicted octanol–water partition coefficient (Wildman–Crippen LogP) is 2.90. The molecule has 30 heavy (non-hydrogen) atoms. The Morgan fingerprint density at radius 1 is 0.933 bits per heavy atom. The molecule has 0 spiro atoms. The molecule has 1 unspecified atom stereocenters. The summed E-state index contributed by atoms with van der Waals surface area (Å²) >= 11 is 0. The normalized spacial score (nSPS) is 12.4. The largest absolute Gasteiger partial charge is 0.465 e. The van der Waals surface area contributed by atoms with Gasteiger partial charge in [0.25, 0.3) is 0 Å². The molecule has 0 amide bonds. The number of esters is 2. The van der Waals surface area contributed by atoms with Gasteiger partial charge < -0.3 is 9.47 Å². The highest BCUT2D eigenvalue weighted by molar-refractivity contribution is 7.89. The fraction of sp³-hybridized carbons (Fsp3) is 0.333. The molecule has 162 valence electrons. The summed E-state index contributed by atoms with van der Waals surface area (Å²) in [6.45, 7) is 4.89. The number of halogens is 1. The molecule has 0 saturated heterocycles. The number of nitrogens with one attached hydrogen (secondary N) is 1. The first-order valence-electron chi connectivity index (χ1n) is 9.37.